The van der Waals surface area contributed by atoms with Crippen LogP contribution in [0.3, 0.4) is 0 Å². The van der Waals surface area contributed by atoms with E-state index in [1.807, 2.05) is 24.3 Å². The van der Waals surface area contributed by atoms with Gasteiger partial charge in [-0.05, 0) is 42.0 Å². The number of aromatic nitrogens is 3. The first-order chi connectivity index (χ1) is 17.8. The van der Waals surface area contributed by atoms with E-state index in [2.05, 4.69) is 20.0 Å². The lowest BCUT2D eigenvalue weighted by atomic mass is 10.1. The molecule has 0 aliphatic carbocycles. The van der Waals surface area contributed by atoms with Gasteiger partial charge in [0.25, 0.3) is 11.8 Å². The summed E-state index contributed by atoms with van der Waals surface area (Å²) in [6.07, 6.45) is -2.96. The molecular weight excluding hydrogens is 507 g/mol. The van der Waals surface area contributed by atoms with Crippen molar-refractivity contribution < 1.29 is 22.5 Å². The van der Waals surface area contributed by atoms with Gasteiger partial charge in [0.2, 0.25) is 5.82 Å². The third-order valence-electron chi connectivity index (χ3n) is 6.10. The number of hydrogen-bond donors (Lipinski definition) is 0. The molecule has 0 atom stereocenters. The van der Waals surface area contributed by atoms with Gasteiger partial charge in [-0.1, -0.05) is 41.0 Å². The van der Waals surface area contributed by atoms with Crippen LogP contribution in [0.15, 0.2) is 71.4 Å². The minimum Gasteiger partial charge on any atom is -0.336 e. The molecule has 3 heterocycles. The molecule has 37 heavy (non-hydrogen) atoms. The predicted octanol–water partition coefficient (Wildman–Crippen LogP) is 5.43. The third-order valence-corrected chi connectivity index (χ3v) is 6.36. The van der Waals surface area contributed by atoms with Crippen LogP contribution >= 0.6 is 11.6 Å². The maximum absolute atomic E-state index is 13.0. The van der Waals surface area contributed by atoms with E-state index in [4.69, 9.17) is 16.1 Å². The molecule has 11 heteroatoms. The van der Waals surface area contributed by atoms with Gasteiger partial charge in [-0.25, -0.2) is 0 Å². The smallest absolute Gasteiger partial charge is 0.336 e. The summed E-state index contributed by atoms with van der Waals surface area (Å²) in [5.41, 5.74) is 1.59. The molecule has 5 rings (SSSR count). The molecule has 1 aliphatic rings. The number of carbonyl (C=O) groups excluding carboxylic acids is 1. The number of rotatable bonds is 5. The predicted molar refractivity (Wildman–Crippen MR) is 131 cm³/mol. The van der Waals surface area contributed by atoms with E-state index in [0.29, 0.717) is 34.9 Å². The fourth-order valence-electron chi connectivity index (χ4n) is 4.04. The zero-order valence-electron chi connectivity index (χ0n) is 19.5. The SMILES string of the molecule is O=C(c1ccc(-c2nc(-c3ccc(C(F)(F)F)cc3)no2)nc1)N1CCN(Cc2ccc(Cl)cc2)CC1. The van der Waals surface area contributed by atoms with Crippen molar-refractivity contribution in [1.82, 2.24) is 24.9 Å². The lowest BCUT2D eigenvalue weighted by Gasteiger charge is -2.34. The topological polar surface area (TPSA) is 75.4 Å². The van der Waals surface area contributed by atoms with Gasteiger partial charge in [0, 0.05) is 49.5 Å². The number of alkyl halides is 3. The average molecular weight is 528 g/mol. The zero-order chi connectivity index (χ0) is 26.0. The Hall–Kier alpha value is -3.76. The Morgan fingerprint density at radius 2 is 1.65 bits per heavy atom. The van der Waals surface area contributed by atoms with Gasteiger partial charge in [-0.3, -0.25) is 14.7 Å². The summed E-state index contributed by atoms with van der Waals surface area (Å²) in [6.45, 7) is 3.53. The van der Waals surface area contributed by atoms with Gasteiger partial charge in [0.15, 0.2) is 0 Å². The van der Waals surface area contributed by atoms with Gasteiger partial charge < -0.3 is 9.42 Å². The Labute approximate surface area is 215 Å². The second kappa shape index (κ2) is 10.3. The molecule has 0 N–H and O–H groups in total. The van der Waals surface area contributed by atoms with E-state index >= 15 is 0 Å². The number of piperazine rings is 1. The Bertz CT molecular complexity index is 1370. The minimum absolute atomic E-state index is 0.102. The van der Waals surface area contributed by atoms with Gasteiger partial charge in [-0.2, -0.15) is 18.2 Å². The van der Waals surface area contributed by atoms with Crippen LogP contribution in [0.4, 0.5) is 13.2 Å². The summed E-state index contributed by atoms with van der Waals surface area (Å²) in [5.74, 6) is 0.132. The largest absolute Gasteiger partial charge is 0.416 e. The molecule has 1 fully saturated rings. The molecule has 0 unspecified atom stereocenters. The fraction of sp³-hybridized carbons (Fsp3) is 0.231. The zero-order valence-corrected chi connectivity index (χ0v) is 20.2. The fourth-order valence-corrected chi connectivity index (χ4v) is 4.17. The first-order valence-electron chi connectivity index (χ1n) is 11.5. The normalized spacial score (nSPS) is 14.6. The summed E-state index contributed by atoms with van der Waals surface area (Å²) in [5, 5.41) is 4.54. The lowest BCUT2D eigenvalue weighted by molar-refractivity contribution is -0.137. The maximum Gasteiger partial charge on any atom is 0.416 e. The van der Waals surface area contributed by atoms with Crippen LogP contribution in [0.25, 0.3) is 23.0 Å². The van der Waals surface area contributed by atoms with Crippen molar-refractivity contribution in [3.8, 4) is 23.0 Å². The first-order valence-corrected chi connectivity index (χ1v) is 11.9. The van der Waals surface area contributed by atoms with E-state index in [9.17, 15) is 18.0 Å². The van der Waals surface area contributed by atoms with Gasteiger partial charge in [0.05, 0.1) is 11.1 Å². The number of amides is 1. The molecular formula is C26H21ClF3N5O2. The molecule has 2 aromatic carbocycles. The van der Waals surface area contributed by atoms with Crippen molar-refractivity contribution in [2.75, 3.05) is 26.2 Å². The van der Waals surface area contributed by atoms with Gasteiger partial charge in [-0.15, -0.1) is 0 Å². The maximum atomic E-state index is 13.0. The summed E-state index contributed by atoms with van der Waals surface area (Å²) in [6, 6.07) is 15.5. The van der Waals surface area contributed by atoms with E-state index in [-0.39, 0.29) is 17.6 Å². The molecule has 2 aromatic heterocycles. The molecule has 1 aliphatic heterocycles. The van der Waals surface area contributed by atoms with Crippen molar-refractivity contribution in [3.05, 3.63) is 88.6 Å². The van der Waals surface area contributed by atoms with Crippen LogP contribution in [0.5, 0.6) is 0 Å². The molecule has 190 valence electrons. The van der Waals surface area contributed by atoms with Crippen LogP contribution in [-0.2, 0) is 12.7 Å². The number of benzene rings is 2. The first kappa shape index (κ1) is 24.9. The Kier molecular flexibility index (Phi) is 6.94. The van der Waals surface area contributed by atoms with E-state index in [0.717, 1.165) is 31.8 Å². The molecule has 1 saturated heterocycles. The number of nitrogens with zero attached hydrogens (tertiary/aromatic N) is 5. The molecule has 4 aromatic rings. The van der Waals surface area contributed by atoms with E-state index < -0.39 is 11.7 Å². The summed E-state index contributed by atoms with van der Waals surface area (Å²) in [4.78, 5) is 25.6. The standard InChI is InChI=1S/C26H21ClF3N5O2/c27-21-8-1-17(2-9-21)16-34-11-13-35(14-12-34)25(36)19-5-10-22(31-15-19)24-32-23(33-37-24)18-3-6-20(7-4-18)26(28,29)30/h1-10,15H,11-14,16H2. The second-order valence-corrected chi connectivity index (χ2v) is 9.06. The van der Waals surface area contributed by atoms with Crippen LogP contribution in [0, 0.1) is 0 Å². The number of pyridine rings is 1. The number of halogens is 4. The molecule has 0 bridgehead atoms. The molecule has 0 spiro atoms. The molecule has 0 radical (unpaired) electrons. The highest BCUT2D eigenvalue weighted by Gasteiger charge is 2.30. The third kappa shape index (κ3) is 5.81. The van der Waals surface area contributed by atoms with E-state index in [1.54, 1.807) is 17.0 Å². The molecule has 7 nitrogen and oxygen atoms in total. The summed E-state index contributed by atoms with van der Waals surface area (Å²) >= 11 is 5.95. The lowest BCUT2D eigenvalue weighted by Crippen LogP contribution is -2.48. The molecule has 1 amide bonds. The van der Waals surface area contributed by atoms with Crippen molar-refractivity contribution in [1.29, 1.82) is 0 Å². The van der Waals surface area contributed by atoms with Crippen molar-refractivity contribution in [2.45, 2.75) is 12.7 Å². The number of carbonyl (C=O) groups is 1. The number of hydrogen-bond acceptors (Lipinski definition) is 6. The van der Waals surface area contributed by atoms with Crippen LogP contribution < -0.4 is 0 Å². The highest BCUT2D eigenvalue weighted by atomic mass is 35.5. The van der Waals surface area contributed by atoms with Crippen LogP contribution in [0.2, 0.25) is 5.02 Å². The van der Waals surface area contributed by atoms with Crippen molar-refractivity contribution in [3.63, 3.8) is 0 Å². The monoisotopic (exact) mass is 527 g/mol. The van der Waals surface area contributed by atoms with Gasteiger partial charge in [0.1, 0.15) is 5.69 Å². The summed E-state index contributed by atoms with van der Waals surface area (Å²) < 4.78 is 43.6. The van der Waals surface area contributed by atoms with Gasteiger partial charge >= 0.3 is 6.18 Å². The Morgan fingerprint density at radius 1 is 0.946 bits per heavy atom. The Balaban J connectivity index is 1.19. The quantitative estimate of drug-likeness (QED) is 0.344. The highest BCUT2D eigenvalue weighted by molar-refractivity contribution is 6.30. The second-order valence-electron chi connectivity index (χ2n) is 8.63. The van der Waals surface area contributed by atoms with Crippen LogP contribution in [0.1, 0.15) is 21.5 Å². The Morgan fingerprint density at radius 3 is 2.27 bits per heavy atom. The van der Waals surface area contributed by atoms with Crippen molar-refractivity contribution in [2.24, 2.45) is 0 Å². The average Bonchev–Trinajstić information content (AvgIpc) is 3.40. The highest BCUT2D eigenvalue weighted by Crippen LogP contribution is 2.31. The van der Waals surface area contributed by atoms with Crippen LogP contribution in [-0.4, -0.2) is 57.0 Å². The molecule has 0 saturated carbocycles. The van der Waals surface area contributed by atoms with E-state index in [1.165, 1.54) is 23.9 Å². The minimum atomic E-state index is -4.42. The summed E-state index contributed by atoms with van der Waals surface area (Å²) in [7, 11) is 0. The van der Waals surface area contributed by atoms with Crippen molar-refractivity contribution >= 4 is 17.5 Å².